The fraction of sp³-hybridized carbons (Fsp3) is 0.250. The normalized spacial score (nSPS) is 10.8. The van der Waals surface area contributed by atoms with Crippen LogP contribution in [0.4, 0.5) is 5.95 Å². The molecule has 0 spiro atoms. The van der Waals surface area contributed by atoms with Gasteiger partial charge in [0.25, 0.3) is 11.9 Å². The lowest BCUT2D eigenvalue weighted by Crippen LogP contribution is -2.17. The van der Waals surface area contributed by atoms with E-state index < -0.39 is 0 Å². The van der Waals surface area contributed by atoms with Gasteiger partial charge >= 0.3 is 0 Å². The molecule has 1 amide bonds. The second kappa shape index (κ2) is 6.53. The van der Waals surface area contributed by atoms with Gasteiger partial charge in [-0.1, -0.05) is 17.2 Å². The first kappa shape index (κ1) is 15.7. The number of carbonyl (C=O) groups excluding carboxylic acids is 1. The van der Waals surface area contributed by atoms with Gasteiger partial charge in [-0.2, -0.15) is 5.21 Å². The van der Waals surface area contributed by atoms with Crippen LogP contribution in [0.15, 0.2) is 30.3 Å². The van der Waals surface area contributed by atoms with Crippen LogP contribution in [0.25, 0.3) is 10.8 Å². The largest absolute Gasteiger partial charge is 0.496 e. The van der Waals surface area contributed by atoms with Gasteiger partial charge in [-0.15, -0.1) is 5.10 Å². The number of nitrogens with one attached hydrogen (secondary N) is 2. The molecule has 2 aromatic carbocycles. The summed E-state index contributed by atoms with van der Waals surface area (Å²) in [5.41, 5.74) is 0.384. The van der Waals surface area contributed by atoms with E-state index in [0.29, 0.717) is 17.1 Å². The Bertz CT molecular complexity index is 862. The summed E-state index contributed by atoms with van der Waals surface area (Å²) < 4.78 is 11.3. The molecule has 0 bridgehead atoms. The molecule has 2 N–H and O–H groups in total. The van der Waals surface area contributed by atoms with Crippen LogP contribution in [0.3, 0.4) is 0 Å². The first-order chi connectivity index (χ1) is 11.6. The van der Waals surface area contributed by atoms with Gasteiger partial charge in [0.1, 0.15) is 11.5 Å². The maximum Gasteiger partial charge on any atom is 0.270 e. The highest BCUT2D eigenvalue weighted by atomic mass is 16.5. The monoisotopic (exact) mass is 327 g/mol. The van der Waals surface area contributed by atoms with Crippen LogP contribution in [0, 0.1) is 0 Å². The number of methoxy groups -OCH3 is 1. The lowest BCUT2D eigenvalue weighted by atomic mass is 10.0. The number of nitrogens with zero attached hydrogens (tertiary/aromatic N) is 3. The minimum atomic E-state index is -0.378. The molecule has 0 fully saturated rings. The number of hydrogen-bond acceptors (Lipinski definition) is 6. The smallest absolute Gasteiger partial charge is 0.270 e. The van der Waals surface area contributed by atoms with Crippen molar-refractivity contribution in [2.45, 2.75) is 20.0 Å². The predicted molar refractivity (Wildman–Crippen MR) is 88.4 cm³/mol. The first-order valence-electron chi connectivity index (χ1n) is 7.41. The molecule has 24 heavy (non-hydrogen) atoms. The van der Waals surface area contributed by atoms with Crippen molar-refractivity contribution in [3.05, 3.63) is 35.9 Å². The Kier molecular flexibility index (Phi) is 4.28. The Balaban J connectivity index is 2.11. The van der Waals surface area contributed by atoms with Crippen molar-refractivity contribution >= 4 is 22.6 Å². The minimum absolute atomic E-state index is 0.0984. The summed E-state index contributed by atoms with van der Waals surface area (Å²) in [5.74, 6) is 0.923. The molecular formula is C16H17N5O3. The average molecular weight is 327 g/mol. The lowest BCUT2D eigenvalue weighted by molar-refractivity contribution is 0.102. The zero-order valence-electron chi connectivity index (χ0n) is 13.5. The molecule has 0 radical (unpaired) electrons. The SMILES string of the molecule is COc1cccc2c(OC(C)C)c(C(=O)Nc3nn[nH]n3)ccc12. The number of tetrazole rings is 1. The summed E-state index contributed by atoms with van der Waals surface area (Å²) in [6.07, 6.45) is -0.0986. The van der Waals surface area contributed by atoms with E-state index in [0.717, 1.165) is 10.8 Å². The molecule has 8 nitrogen and oxygen atoms in total. The molecule has 124 valence electrons. The van der Waals surface area contributed by atoms with Gasteiger partial charge in [0.2, 0.25) is 0 Å². The van der Waals surface area contributed by atoms with E-state index in [1.54, 1.807) is 13.2 Å². The van der Waals surface area contributed by atoms with Crippen molar-refractivity contribution in [1.29, 1.82) is 0 Å². The Morgan fingerprint density at radius 3 is 2.71 bits per heavy atom. The van der Waals surface area contributed by atoms with Crippen LogP contribution in [0.1, 0.15) is 24.2 Å². The van der Waals surface area contributed by atoms with Crippen LogP contribution >= 0.6 is 0 Å². The highest BCUT2D eigenvalue weighted by molar-refractivity contribution is 6.10. The van der Waals surface area contributed by atoms with Crippen molar-refractivity contribution in [3.63, 3.8) is 0 Å². The molecule has 0 aliphatic carbocycles. The Morgan fingerprint density at radius 1 is 1.21 bits per heavy atom. The summed E-state index contributed by atoms with van der Waals surface area (Å²) in [6, 6.07) is 9.13. The molecule has 3 rings (SSSR count). The van der Waals surface area contributed by atoms with E-state index in [-0.39, 0.29) is 18.0 Å². The molecule has 0 aliphatic heterocycles. The van der Waals surface area contributed by atoms with Gasteiger partial charge in [-0.05, 0) is 37.3 Å². The quantitative estimate of drug-likeness (QED) is 0.746. The summed E-state index contributed by atoms with van der Waals surface area (Å²) in [4.78, 5) is 12.6. The molecule has 3 aromatic rings. The molecule has 0 saturated heterocycles. The summed E-state index contributed by atoms with van der Waals surface area (Å²) >= 11 is 0. The summed E-state index contributed by atoms with van der Waals surface area (Å²) in [7, 11) is 1.61. The Morgan fingerprint density at radius 2 is 2.04 bits per heavy atom. The van der Waals surface area contributed by atoms with Crippen LogP contribution < -0.4 is 14.8 Å². The number of carbonyl (C=O) groups is 1. The summed E-state index contributed by atoms with van der Waals surface area (Å²) in [6.45, 7) is 3.81. The number of anilines is 1. The maximum absolute atomic E-state index is 12.6. The van der Waals surface area contributed by atoms with Crippen LogP contribution in [-0.2, 0) is 0 Å². The van der Waals surface area contributed by atoms with Gasteiger partial charge in [0, 0.05) is 10.8 Å². The maximum atomic E-state index is 12.6. The van der Waals surface area contributed by atoms with Crippen LogP contribution in [0.2, 0.25) is 0 Å². The number of hydrogen-bond donors (Lipinski definition) is 2. The van der Waals surface area contributed by atoms with Gasteiger partial charge in [0.05, 0.1) is 18.8 Å². The third-order valence-corrected chi connectivity index (χ3v) is 3.36. The van der Waals surface area contributed by atoms with Crippen molar-refractivity contribution in [2.75, 3.05) is 12.4 Å². The van der Waals surface area contributed by atoms with E-state index in [1.165, 1.54) is 0 Å². The number of benzene rings is 2. The molecule has 0 atom stereocenters. The third kappa shape index (κ3) is 2.98. The zero-order valence-corrected chi connectivity index (χ0v) is 13.5. The second-order valence-electron chi connectivity index (χ2n) is 5.35. The van der Waals surface area contributed by atoms with Crippen molar-refractivity contribution < 1.29 is 14.3 Å². The molecule has 0 saturated carbocycles. The van der Waals surface area contributed by atoms with Crippen LogP contribution in [-0.4, -0.2) is 39.7 Å². The molecule has 8 heteroatoms. The Labute approximate surface area is 138 Å². The standard InChI is InChI=1S/C16H17N5O3/c1-9(2)24-14-11-5-4-6-13(23-3)10(11)7-8-12(14)15(22)17-16-18-20-21-19-16/h4-9H,1-3H3,(H2,17,18,19,20,21,22). The van der Waals surface area contributed by atoms with Gasteiger partial charge in [-0.25, -0.2) is 0 Å². The predicted octanol–water partition coefficient (Wildman–Crippen LogP) is 2.40. The second-order valence-corrected chi connectivity index (χ2v) is 5.35. The Hall–Kier alpha value is -3.16. The molecular weight excluding hydrogens is 310 g/mol. The molecule has 0 unspecified atom stereocenters. The highest BCUT2D eigenvalue weighted by Gasteiger charge is 2.19. The minimum Gasteiger partial charge on any atom is -0.496 e. The lowest BCUT2D eigenvalue weighted by Gasteiger charge is -2.17. The van der Waals surface area contributed by atoms with Crippen molar-refractivity contribution in [1.82, 2.24) is 20.6 Å². The number of aromatic amines is 1. The van der Waals surface area contributed by atoms with Crippen molar-refractivity contribution in [3.8, 4) is 11.5 Å². The number of H-pyrrole nitrogens is 1. The fourth-order valence-corrected chi connectivity index (χ4v) is 2.40. The van der Waals surface area contributed by atoms with Gasteiger partial charge < -0.3 is 9.47 Å². The molecule has 1 aromatic heterocycles. The van der Waals surface area contributed by atoms with Gasteiger partial charge in [0.15, 0.2) is 0 Å². The highest BCUT2D eigenvalue weighted by Crippen LogP contribution is 2.35. The number of ether oxygens (including phenoxy) is 2. The van der Waals surface area contributed by atoms with Crippen LogP contribution in [0.5, 0.6) is 11.5 Å². The first-order valence-corrected chi connectivity index (χ1v) is 7.41. The van der Waals surface area contributed by atoms with Crippen molar-refractivity contribution in [2.24, 2.45) is 0 Å². The molecule has 1 heterocycles. The molecule has 0 aliphatic rings. The van der Waals surface area contributed by atoms with E-state index >= 15 is 0 Å². The topological polar surface area (TPSA) is 102 Å². The summed E-state index contributed by atoms with van der Waals surface area (Å²) in [5, 5.41) is 17.4. The fourth-order valence-electron chi connectivity index (χ4n) is 2.40. The number of aromatic nitrogens is 4. The van der Waals surface area contributed by atoms with Gasteiger partial charge in [-0.3, -0.25) is 10.1 Å². The number of rotatable bonds is 5. The van der Waals surface area contributed by atoms with E-state index in [1.807, 2.05) is 38.1 Å². The van der Waals surface area contributed by atoms with E-state index in [2.05, 4.69) is 25.9 Å². The van der Waals surface area contributed by atoms with E-state index in [9.17, 15) is 4.79 Å². The number of fused-ring (bicyclic) bond motifs is 1. The zero-order chi connectivity index (χ0) is 17.1. The van der Waals surface area contributed by atoms with E-state index in [4.69, 9.17) is 9.47 Å². The average Bonchev–Trinajstić information content (AvgIpc) is 3.07. The third-order valence-electron chi connectivity index (χ3n) is 3.36. The number of amides is 1.